The van der Waals surface area contributed by atoms with Gasteiger partial charge in [0.2, 0.25) is 0 Å². The van der Waals surface area contributed by atoms with Gasteiger partial charge in [0.15, 0.2) is 10.9 Å². The first-order valence-corrected chi connectivity index (χ1v) is 12.5. The number of rotatable bonds is 6. The van der Waals surface area contributed by atoms with Crippen molar-refractivity contribution in [3.8, 4) is 5.75 Å². The maximum Gasteiger partial charge on any atom is 0.270 e. The number of hydrogen-bond acceptors (Lipinski definition) is 5. The number of thiocarbonyl (C=S) groups is 1. The zero-order valence-electron chi connectivity index (χ0n) is 18.5. The largest absolute Gasteiger partial charge is 0.484 e. The summed E-state index contributed by atoms with van der Waals surface area (Å²) in [4.78, 5) is 27.2. The molecule has 5 nitrogen and oxygen atoms in total. The molecule has 0 atom stereocenters. The standard InChI is InChI=1S/C26H21BrN2O3S2/c1-16-3-10-21(13-17(16)2)29-25(31)23(34-26(29)33)14-18-4-11-22(12-5-18)32-15-24(30)28-20-8-6-19(27)7-9-20/h3-14H,15H2,1-2H3,(H,28,30)/b23-14-. The quantitative estimate of drug-likeness (QED) is 0.280. The minimum absolute atomic E-state index is 0.107. The van der Waals surface area contributed by atoms with E-state index in [0.29, 0.717) is 20.7 Å². The van der Waals surface area contributed by atoms with Crippen LogP contribution in [0.25, 0.3) is 6.08 Å². The summed E-state index contributed by atoms with van der Waals surface area (Å²) in [6.07, 6.45) is 1.81. The number of nitrogens with one attached hydrogen (secondary N) is 1. The maximum absolute atomic E-state index is 13.0. The average molecular weight is 554 g/mol. The molecule has 0 aliphatic carbocycles. The van der Waals surface area contributed by atoms with E-state index in [1.165, 1.54) is 11.8 Å². The lowest BCUT2D eigenvalue weighted by Gasteiger charge is -2.15. The molecule has 1 aliphatic rings. The summed E-state index contributed by atoms with van der Waals surface area (Å²) < 4.78 is 7.03. The number of nitrogens with zero attached hydrogens (tertiary/aromatic N) is 1. The van der Waals surface area contributed by atoms with Crippen molar-refractivity contribution in [1.29, 1.82) is 0 Å². The highest BCUT2D eigenvalue weighted by molar-refractivity contribution is 9.10. The summed E-state index contributed by atoms with van der Waals surface area (Å²) in [7, 11) is 0. The lowest BCUT2D eigenvalue weighted by atomic mass is 10.1. The van der Waals surface area contributed by atoms with Gasteiger partial charge in [-0.3, -0.25) is 14.5 Å². The molecule has 0 saturated carbocycles. The maximum atomic E-state index is 13.0. The summed E-state index contributed by atoms with van der Waals surface area (Å²) in [6, 6.07) is 20.4. The van der Waals surface area contributed by atoms with Crippen molar-refractivity contribution >= 4 is 73.5 Å². The van der Waals surface area contributed by atoms with Crippen LogP contribution in [0.5, 0.6) is 5.75 Å². The lowest BCUT2D eigenvalue weighted by Crippen LogP contribution is -2.27. The Bertz CT molecular complexity index is 1290. The highest BCUT2D eigenvalue weighted by Gasteiger charge is 2.33. The van der Waals surface area contributed by atoms with Crippen LogP contribution >= 0.6 is 39.9 Å². The van der Waals surface area contributed by atoms with Gasteiger partial charge in [0, 0.05) is 10.2 Å². The third kappa shape index (κ3) is 5.75. The van der Waals surface area contributed by atoms with Crippen LogP contribution in [0.4, 0.5) is 11.4 Å². The van der Waals surface area contributed by atoms with Crippen LogP contribution in [0.1, 0.15) is 16.7 Å². The first-order chi connectivity index (χ1) is 16.3. The minimum Gasteiger partial charge on any atom is -0.484 e. The number of anilines is 2. The number of carbonyl (C=O) groups is 2. The van der Waals surface area contributed by atoms with Crippen LogP contribution in [0.15, 0.2) is 76.1 Å². The normalized spacial score (nSPS) is 14.6. The molecule has 8 heteroatoms. The summed E-state index contributed by atoms with van der Waals surface area (Å²) >= 11 is 10.1. The van der Waals surface area contributed by atoms with Crippen LogP contribution in [0.2, 0.25) is 0 Å². The molecule has 2 amide bonds. The number of ether oxygens (including phenoxy) is 1. The third-order valence-electron chi connectivity index (χ3n) is 5.22. The number of thioether (sulfide) groups is 1. The predicted molar refractivity (Wildman–Crippen MR) is 146 cm³/mol. The van der Waals surface area contributed by atoms with E-state index in [0.717, 1.165) is 26.9 Å². The van der Waals surface area contributed by atoms with Gasteiger partial charge < -0.3 is 10.1 Å². The van der Waals surface area contributed by atoms with Gasteiger partial charge >= 0.3 is 0 Å². The van der Waals surface area contributed by atoms with Crippen LogP contribution in [0.3, 0.4) is 0 Å². The Hall–Kier alpha value is -2.94. The van der Waals surface area contributed by atoms with E-state index in [-0.39, 0.29) is 18.4 Å². The third-order valence-corrected chi connectivity index (χ3v) is 7.05. The van der Waals surface area contributed by atoms with Crippen molar-refractivity contribution in [1.82, 2.24) is 0 Å². The van der Waals surface area contributed by atoms with Crippen molar-refractivity contribution in [2.24, 2.45) is 0 Å². The van der Waals surface area contributed by atoms with Gasteiger partial charge in [-0.25, -0.2) is 0 Å². The van der Waals surface area contributed by atoms with E-state index in [9.17, 15) is 9.59 Å². The summed E-state index contributed by atoms with van der Waals surface area (Å²) in [5, 5.41) is 2.78. The van der Waals surface area contributed by atoms with Crippen LogP contribution < -0.4 is 15.0 Å². The number of benzene rings is 3. The van der Waals surface area contributed by atoms with Crippen molar-refractivity contribution < 1.29 is 14.3 Å². The first kappa shape index (κ1) is 24.2. The number of amides is 2. The summed E-state index contributed by atoms with van der Waals surface area (Å²) in [5.41, 5.74) is 4.59. The smallest absolute Gasteiger partial charge is 0.270 e. The molecule has 0 spiro atoms. The molecule has 172 valence electrons. The van der Waals surface area contributed by atoms with Crippen molar-refractivity contribution in [3.05, 3.63) is 92.8 Å². The number of aryl methyl sites for hydroxylation is 2. The van der Waals surface area contributed by atoms with E-state index in [2.05, 4.69) is 21.2 Å². The van der Waals surface area contributed by atoms with Gasteiger partial charge in [-0.1, -0.05) is 58.1 Å². The number of halogens is 1. The Morgan fingerprint density at radius 3 is 2.44 bits per heavy atom. The number of hydrogen-bond donors (Lipinski definition) is 1. The molecule has 1 N–H and O–H groups in total. The van der Waals surface area contributed by atoms with E-state index in [4.69, 9.17) is 17.0 Å². The summed E-state index contributed by atoms with van der Waals surface area (Å²) in [5.74, 6) is 0.176. The lowest BCUT2D eigenvalue weighted by molar-refractivity contribution is -0.118. The first-order valence-electron chi connectivity index (χ1n) is 10.4. The molecule has 0 unspecified atom stereocenters. The fourth-order valence-corrected chi connectivity index (χ4v) is 4.81. The highest BCUT2D eigenvalue weighted by Crippen LogP contribution is 2.36. The van der Waals surface area contributed by atoms with Gasteiger partial charge in [-0.15, -0.1) is 0 Å². The molecule has 0 aromatic heterocycles. The zero-order valence-corrected chi connectivity index (χ0v) is 21.7. The molecule has 34 heavy (non-hydrogen) atoms. The molecule has 0 radical (unpaired) electrons. The number of carbonyl (C=O) groups excluding carboxylic acids is 2. The monoisotopic (exact) mass is 552 g/mol. The molecule has 0 bridgehead atoms. The van der Waals surface area contributed by atoms with Gasteiger partial charge in [-0.2, -0.15) is 0 Å². The van der Waals surface area contributed by atoms with E-state index in [1.807, 2.05) is 62.4 Å². The second-order valence-electron chi connectivity index (χ2n) is 7.70. The molecular formula is C26H21BrN2O3S2. The van der Waals surface area contributed by atoms with Crippen molar-refractivity contribution in [3.63, 3.8) is 0 Å². The molecule has 1 fully saturated rings. The molecule has 3 aromatic rings. The van der Waals surface area contributed by atoms with Crippen molar-refractivity contribution in [2.45, 2.75) is 13.8 Å². The average Bonchev–Trinajstić information content (AvgIpc) is 3.09. The SMILES string of the molecule is Cc1ccc(N2C(=O)/C(=C/c3ccc(OCC(=O)Nc4ccc(Br)cc4)cc3)SC2=S)cc1C. The predicted octanol–water partition coefficient (Wildman–Crippen LogP) is 6.49. The summed E-state index contributed by atoms with van der Waals surface area (Å²) in [6.45, 7) is 3.94. The minimum atomic E-state index is -0.249. The Balaban J connectivity index is 1.38. The van der Waals surface area contributed by atoms with Gasteiger partial charge in [0.1, 0.15) is 5.75 Å². The molecule has 4 rings (SSSR count). The van der Waals surface area contributed by atoms with Gasteiger partial charge in [0.05, 0.1) is 10.6 Å². The van der Waals surface area contributed by atoms with Gasteiger partial charge in [-0.05, 0) is 85.1 Å². The zero-order chi connectivity index (χ0) is 24.2. The highest BCUT2D eigenvalue weighted by atomic mass is 79.9. The molecule has 3 aromatic carbocycles. The van der Waals surface area contributed by atoms with Crippen LogP contribution in [-0.2, 0) is 9.59 Å². The molecule has 1 aliphatic heterocycles. The van der Waals surface area contributed by atoms with Crippen LogP contribution in [-0.4, -0.2) is 22.7 Å². The van der Waals surface area contributed by atoms with E-state index < -0.39 is 0 Å². The molecule has 1 heterocycles. The Kier molecular flexibility index (Phi) is 7.50. The second-order valence-corrected chi connectivity index (χ2v) is 10.3. The molecular weight excluding hydrogens is 532 g/mol. The van der Waals surface area contributed by atoms with E-state index in [1.54, 1.807) is 29.2 Å². The Morgan fingerprint density at radius 2 is 1.76 bits per heavy atom. The Morgan fingerprint density at radius 1 is 1.06 bits per heavy atom. The van der Waals surface area contributed by atoms with Crippen LogP contribution in [0, 0.1) is 13.8 Å². The van der Waals surface area contributed by atoms with Gasteiger partial charge in [0.25, 0.3) is 11.8 Å². The van der Waals surface area contributed by atoms with E-state index >= 15 is 0 Å². The molecule has 1 saturated heterocycles. The second kappa shape index (κ2) is 10.5. The van der Waals surface area contributed by atoms with Crippen molar-refractivity contribution in [2.75, 3.05) is 16.8 Å². The Labute approximate surface area is 216 Å². The topological polar surface area (TPSA) is 58.6 Å². The fraction of sp³-hybridized carbons (Fsp3) is 0.115. The fourth-order valence-electron chi connectivity index (χ4n) is 3.25.